The minimum Gasteiger partial charge on any atom is -0.507 e. The third kappa shape index (κ3) is 4.52. The Kier molecular flexibility index (Phi) is 5.66. The second-order valence-electron chi connectivity index (χ2n) is 5.64. The minimum atomic E-state index is -0.518. The Balaban J connectivity index is 1.69. The van der Waals surface area contributed by atoms with E-state index in [-0.39, 0.29) is 17.3 Å². The first-order valence-corrected chi connectivity index (χ1v) is 8.12. The van der Waals surface area contributed by atoms with Crippen molar-refractivity contribution in [1.82, 2.24) is 10.9 Å². The highest BCUT2D eigenvalue weighted by Gasteiger charge is 2.09. The van der Waals surface area contributed by atoms with Crippen molar-refractivity contribution < 1.29 is 23.5 Å². The maximum absolute atomic E-state index is 11.8. The molecule has 3 aromatic rings. The first kappa shape index (κ1) is 18.6. The zero-order valence-corrected chi connectivity index (χ0v) is 14.7. The molecule has 0 radical (unpaired) electrons. The molecule has 3 N–H and O–H groups in total. The molecule has 28 heavy (non-hydrogen) atoms. The maximum Gasteiger partial charge on any atom is 0.307 e. The Labute approximate surface area is 159 Å². The quantitative estimate of drug-likeness (QED) is 0.447. The van der Waals surface area contributed by atoms with Crippen LogP contribution in [-0.4, -0.2) is 29.4 Å². The molecule has 0 aliphatic heterocycles. The van der Waals surface area contributed by atoms with Crippen LogP contribution in [0.3, 0.4) is 0 Å². The van der Waals surface area contributed by atoms with E-state index in [0.29, 0.717) is 11.1 Å². The SMILES string of the molecule is Cc1cc(/C=N/NC(=O)c2ccco2)c(O)c(/C=N/NC(=O)c2ccco2)c1. The molecule has 9 heteroatoms. The lowest BCUT2D eigenvalue weighted by Crippen LogP contribution is -2.17. The molecule has 0 saturated heterocycles. The maximum atomic E-state index is 11.8. The fourth-order valence-electron chi connectivity index (χ4n) is 2.28. The van der Waals surface area contributed by atoms with Crippen LogP contribution in [0.5, 0.6) is 5.75 Å². The van der Waals surface area contributed by atoms with E-state index in [1.165, 1.54) is 37.1 Å². The van der Waals surface area contributed by atoms with Gasteiger partial charge in [0.1, 0.15) is 5.75 Å². The molecule has 0 unspecified atom stereocenters. The summed E-state index contributed by atoms with van der Waals surface area (Å²) in [7, 11) is 0. The van der Waals surface area contributed by atoms with Crippen LogP contribution in [-0.2, 0) is 0 Å². The van der Waals surface area contributed by atoms with Crippen LogP contribution in [0, 0.1) is 6.92 Å². The lowest BCUT2D eigenvalue weighted by molar-refractivity contribution is 0.0920. The smallest absolute Gasteiger partial charge is 0.307 e. The number of benzene rings is 1. The fraction of sp³-hybridized carbons (Fsp3) is 0.0526. The first-order valence-electron chi connectivity index (χ1n) is 8.12. The van der Waals surface area contributed by atoms with Gasteiger partial charge in [0, 0.05) is 11.1 Å². The predicted molar refractivity (Wildman–Crippen MR) is 100 cm³/mol. The summed E-state index contributed by atoms with van der Waals surface area (Å²) >= 11 is 0. The molecule has 9 nitrogen and oxygen atoms in total. The Morgan fingerprint density at radius 3 is 1.79 bits per heavy atom. The number of phenols is 1. The lowest BCUT2D eigenvalue weighted by atomic mass is 10.1. The molecular formula is C19H16N4O5. The van der Waals surface area contributed by atoms with Crippen molar-refractivity contribution in [1.29, 1.82) is 0 Å². The van der Waals surface area contributed by atoms with Crippen molar-refractivity contribution in [3.8, 4) is 5.75 Å². The summed E-state index contributed by atoms with van der Waals surface area (Å²) in [5.74, 6) is -0.916. The summed E-state index contributed by atoms with van der Waals surface area (Å²) in [6, 6.07) is 9.52. The first-order chi connectivity index (χ1) is 13.5. The van der Waals surface area contributed by atoms with Crippen LogP contribution >= 0.6 is 0 Å². The van der Waals surface area contributed by atoms with Gasteiger partial charge in [-0.3, -0.25) is 9.59 Å². The van der Waals surface area contributed by atoms with Gasteiger partial charge in [0.15, 0.2) is 11.5 Å². The van der Waals surface area contributed by atoms with Crippen LogP contribution in [0.25, 0.3) is 0 Å². The molecule has 0 spiro atoms. The van der Waals surface area contributed by atoms with Gasteiger partial charge in [0.05, 0.1) is 25.0 Å². The third-order valence-corrected chi connectivity index (χ3v) is 3.54. The average molecular weight is 380 g/mol. The molecule has 0 saturated carbocycles. The van der Waals surface area contributed by atoms with Gasteiger partial charge in [-0.25, -0.2) is 10.9 Å². The van der Waals surface area contributed by atoms with Gasteiger partial charge in [-0.15, -0.1) is 0 Å². The highest BCUT2D eigenvalue weighted by Crippen LogP contribution is 2.21. The van der Waals surface area contributed by atoms with E-state index in [1.54, 1.807) is 24.3 Å². The summed E-state index contributed by atoms with van der Waals surface area (Å²) in [4.78, 5) is 23.5. The van der Waals surface area contributed by atoms with Crippen LogP contribution in [0.2, 0.25) is 0 Å². The number of hydrogen-bond acceptors (Lipinski definition) is 7. The highest BCUT2D eigenvalue weighted by atomic mass is 16.3. The molecule has 0 fully saturated rings. The lowest BCUT2D eigenvalue weighted by Gasteiger charge is -2.05. The number of aryl methyl sites for hydroxylation is 1. The number of hydrogen-bond donors (Lipinski definition) is 3. The molecule has 0 aliphatic rings. The van der Waals surface area contributed by atoms with Crippen molar-refractivity contribution in [2.24, 2.45) is 10.2 Å². The number of amides is 2. The van der Waals surface area contributed by atoms with E-state index >= 15 is 0 Å². The molecule has 0 bridgehead atoms. The monoisotopic (exact) mass is 380 g/mol. The zero-order valence-electron chi connectivity index (χ0n) is 14.7. The number of aromatic hydroxyl groups is 1. The van der Waals surface area contributed by atoms with Crippen LogP contribution < -0.4 is 10.9 Å². The summed E-state index contributed by atoms with van der Waals surface area (Å²) in [5.41, 5.74) is 6.13. The Hall–Kier alpha value is -4.14. The van der Waals surface area contributed by atoms with Crippen LogP contribution in [0.15, 0.2) is 68.0 Å². The number of rotatable bonds is 6. The van der Waals surface area contributed by atoms with Crippen molar-refractivity contribution in [3.05, 3.63) is 77.1 Å². The second kappa shape index (κ2) is 8.49. The van der Waals surface area contributed by atoms with Crippen LogP contribution in [0.1, 0.15) is 37.8 Å². The molecule has 2 aromatic heterocycles. The number of phenolic OH excluding ortho intramolecular Hbond substituents is 1. The van der Waals surface area contributed by atoms with E-state index < -0.39 is 11.8 Å². The molecule has 2 amide bonds. The zero-order chi connectivity index (χ0) is 19.9. The number of carbonyl (C=O) groups is 2. The van der Waals surface area contributed by atoms with Gasteiger partial charge in [-0.2, -0.15) is 10.2 Å². The fourth-order valence-corrected chi connectivity index (χ4v) is 2.28. The molecular weight excluding hydrogens is 364 g/mol. The topological polar surface area (TPSA) is 129 Å². The van der Waals surface area contributed by atoms with E-state index in [0.717, 1.165) is 5.56 Å². The molecule has 0 atom stereocenters. The highest BCUT2D eigenvalue weighted by molar-refractivity contribution is 5.95. The minimum absolute atomic E-state index is 0.113. The summed E-state index contributed by atoms with van der Waals surface area (Å²) in [6.07, 6.45) is 5.34. The number of carbonyl (C=O) groups excluding carboxylic acids is 2. The van der Waals surface area contributed by atoms with Gasteiger partial charge >= 0.3 is 11.8 Å². The van der Waals surface area contributed by atoms with Gasteiger partial charge < -0.3 is 13.9 Å². The summed E-state index contributed by atoms with van der Waals surface area (Å²) < 4.78 is 9.91. The Morgan fingerprint density at radius 1 is 0.929 bits per heavy atom. The third-order valence-electron chi connectivity index (χ3n) is 3.54. The molecule has 1 aromatic carbocycles. The number of furan rings is 2. The standard InChI is InChI=1S/C19H16N4O5/c1-12-8-13(10-20-22-18(25)15-4-2-6-27-15)17(24)14(9-12)11-21-23-19(26)16-5-3-7-28-16/h2-11,24H,1H3,(H,22,25)(H,23,26)/b20-10+,21-11+. The number of nitrogens with one attached hydrogen (secondary N) is 2. The van der Waals surface area contributed by atoms with E-state index in [9.17, 15) is 14.7 Å². The van der Waals surface area contributed by atoms with Gasteiger partial charge in [0.2, 0.25) is 0 Å². The summed E-state index contributed by atoms with van der Waals surface area (Å²) in [5, 5.41) is 18.0. The molecule has 0 aliphatic carbocycles. The molecule has 142 valence electrons. The number of nitrogens with zero attached hydrogens (tertiary/aromatic N) is 2. The molecule has 2 heterocycles. The number of hydrazone groups is 2. The molecule has 3 rings (SSSR count). The van der Waals surface area contributed by atoms with E-state index in [1.807, 2.05) is 6.92 Å². The van der Waals surface area contributed by atoms with Gasteiger partial charge in [-0.1, -0.05) is 0 Å². The van der Waals surface area contributed by atoms with Crippen molar-refractivity contribution in [3.63, 3.8) is 0 Å². The largest absolute Gasteiger partial charge is 0.507 e. The van der Waals surface area contributed by atoms with Gasteiger partial charge in [-0.05, 0) is 48.9 Å². The second-order valence-corrected chi connectivity index (χ2v) is 5.64. The summed E-state index contributed by atoms with van der Waals surface area (Å²) in [6.45, 7) is 1.82. The van der Waals surface area contributed by atoms with Gasteiger partial charge in [0.25, 0.3) is 0 Å². The van der Waals surface area contributed by atoms with Crippen molar-refractivity contribution >= 4 is 24.2 Å². The normalized spacial score (nSPS) is 11.2. The van der Waals surface area contributed by atoms with E-state index in [4.69, 9.17) is 8.83 Å². The average Bonchev–Trinajstić information content (AvgIpc) is 3.38. The Bertz CT molecular complexity index is 942. The Morgan fingerprint density at radius 2 is 1.39 bits per heavy atom. The van der Waals surface area contributed by atoms with Crippen molar-refractivity contribution in [2.45, 2.75) is 6.92 Å². The van der Waals surface area contributed by atoms with Crippen molar-refractivity contribution in [2.75, 3.05) is 0 Å². The van der Waals surface area contributed by atoms with Crippen LogP contribution in [0.4, 0.5) is 0 Å². The van der Waals surface area contributed by atoms with E-state index in [2.05, 4.69) is 21.1 Å². The predicted octanol–water partition coefficient (Wildman–Crippen LogP) is 2.41.